The van der Waals surface area contributed by atoms with Crippen LogP contribution in [0.25, 0.3) is 11.1 Å². The van der Waals surface area contributed by atoms with Crippen molar-refractivity contribution in [1.29, 1.82) is 0 Å². The Morgan fingerprint density at radius 3 is 2.47 bits per heavy atom. The van der Waals surface area contributed by atoms with Crippen molar-refractivity contribution in [2.75, 3.05) is 13.1 Å². The van der Waals surface area contributed by atoms with Crippen LogP contribution in [0.15, 0.2) is 56.6 Å². The molecule has 1 aromatic heterocycles. The number of hydrogen-bond acceptors (Lipinski definition) is 7. The lowest BCUT2D eigenvalue weighted by molar-refractivity contribution is -0.146. The molecule has 9 nitrogen and oxygen atoms in total. The molecule has 0 aliphatic carbocycles. The van der Waals surface area contributed by atoms with Gasteiger partial charge in [0, 0.05) is 31.3 Å². The maximum atomic E-state index is 13.0. The highest BCUT2D eigenvalue weighted by Crippen LogP contribution is 2.24. The third-order valence-corrected chi connectivity index (χ3v) is 7.58. The summed E-state index contributed by atoms with van der Waals surface area (Å²) in [7, 11) is -3.67. The minimum atomic E-state index is -3.67. The lowest BCUT2D eigenvalue weighted by atomic mass is 10.1. The summed E-state index contributed by atoms with van der Waals surface area (Å²) in [6.07, 6.45) is 0.298. The standard InChI is InChI=1S/C23H23FN2O7S/c1-15(22(28)16-4-6-17(24)7-5-16)32-21(27)10-13-26-19-9-8-18(14-20(19)33-23(26)29)34(30,31)25-11-2-3-12-25/h4-9,14-15H,2-3,10-13H2,1H3/t15-/m0/s1. The SMILES string of the molecule is C[C@H](OC(=O)CCn1c(=O)oc2cc(S(=O)(=O)N3CCCC3)ccc21)C(=O)c1ccc(F)cc1. The molecule has 0 saturated carbocycles. The number of esters is 1. The number of halogens is 1. The molecule has 1 aliphatic rings. The number of sulfonamides is 1. The smallest absolute Gasteiger partial charge is 0.419 e. The van der Waals surface area contributed by atoms with Gasteiger partial charge in [-0.05, 0) is 56.2 Å². The number of rotatable bonds is 8. The summed E-state index contributed by atoms with van der Waals surface area (Å²) in [5.41, 5.74) is 0.644. The molecule has 180 valence electrons. The van der Waals surface area contributed by atoms with Gasteiger partial charge in [-0.15, -0.1) is 0 Å². The van der Waals surface area contributed by atoms with Crippen molar-refractivity contribution in [3.8, 4) is 0 Å². The van der Waals surface area contributed by atoms with E-state index in [9.17, 15) is 27.2 Å². The molecule has 2 aromatic carbocycles. The molecule has 0 amide bonds. The number of carbonyl (C=O) groups is 2. The van der Waals surface area contributed by atoms with Crippen LogP contribution >= 0.6 is 0 Å². The molecule has 0 unspecified atom stereocenters. The third kappa shape index (κ3) is 4.80. The molecule has 34 heavy (non-hydrogen) atoms. The molecular formula is C23H23FN2O7S. The number of benzene rings is 2. The summed E-state index contributed by atoms with van der Waals surface area (Å²) in [5, 5.41) is 0. The van der Waals surface area contributed by atoms with Gasteiger partial charge in [0.25, 0.3) is 0 Å². The molecule has 1 saturated heterocycles. The largest absolute Gasteiger partial charge is 0.454 e. The molecule has 11 heteroatoms. The number of fused-ring (bicyclic) bond motifs is 1. The van der Waals surface area contributed by atoms with E-state index in [2.05, 4.69) is 0 Å². The van der Waals surface area contributed by atoms with Crippen LogP contribution < -0.4 is 5.76 Å². The van der Waals surface area contributed by atoms with E-state index in [1.165, 1.54) is 46.1 Å². The van der Waals surface area contributed by atoms with E-state index in [4.69, 9.17) is 9.15 Å². The zero-order chi connectivity index (χ0) is 24.5. The zero-order valence-corrected chi connectivity index (χ0v) is 19.2. The average Bonchev–Trinajstić information content (AvgIpc) is 3.45. The van der Waals surface area contributed by atoms with Crippen LogP contribution in [0.2, 0.25) is 0 Å². The molecule has 1 fully saturated rings. The van der Waals surface area contributed by atoms with E-state index in [0.29, 0.717) is 18.6 Å². The van der Waals surface area contributed by atoms with Crippen LogP contribution in [0.3, 0.4) is 0 Å². The highest BCUT2D eigenvalue weighted by atomic mass is 32.2. The predicted molar refractivity (Wildman–Crippen MR) is 119 cm³/mol. The van der Waals surface area contributed by atoms with Gasteiger partial charge in [-0.25, -0.2) is 17.6 Å². The molecule has 0 radical (unpaired) electrons. The Hall–Kier alpha value is -3.31. The zero-order valence-electron chi connectivity index (χ0n) is 18.4. The van der Waals surface area contributed by atoms with Crippen molar-refractivity contribution in [2.45, 2.75) is 43.7 Å². The summed E-state index contributed by atoms with van der Waals surface area (Å²) in [5.74, 6) is -2.42. The fourth-order valence-corrected chi connectivity index (χ4v) is 5.39. The van der Waals surface area contributed by atoms with E-state index in [1.54, 1.807) is 0 Å². The van der Waals surface area contributed by atoms with Gasteiger partial charge in [-0.1, -0.05) is 0 Å². The van der Waals surface area contributed by atoms with E-state index >= 15 is 0 Å². The van der Waals surface area contributed by atoms with Crippen molar-refractivity contribution in [3.05, 3.63) is 64.4 Å². The Kier molecular flexibility index (Phi) is 6.67. The van der Waals surface area contributed by atoms with Crippen molar-refractivity contribution < 1.29 is 31.6 Å². The molecule has 2 heterocycles. The maximum Gasteiger partial charge on any atom is 0.419 e. The Balaban J connectivity index is 1.43. The Labute approximate surface area is 194 Å². The number of Topliss-reactive ketones (excluding diaryl/α,β-unsaturated/α-hetero) is 1. The molecule has 1 atom stereocenters. The number of ether oxygens (including phenoxy) is 1. The second-order valence-corrected chi connectivity index (χ2v) is 9.95. The number of aromatic nitrogens is 1. The second kappa shape index (κ2) is 9.51. The first-order valence-corrected chi connectivity index (χ1v) is 12.2. The minimum absolute atomic E-state index is 0.0374. The van der Waals surface area contributed by atoms with Gasteiger partial charge < -0.3 is 9.15 Å². The first-order chi connectivity index (χ1) is 16.2. The van der Waals surface area contributed by atoms with Crippen LogP contribution in [-0.4, -0.2) is 48.2 Å². The number of hydrogen-bond donors (Lipinski definition) is 0. The van der Waals surface area contributed by atoms with E-state index in [0.717, 1.165) is 25.0 Å². The van der Waals surface area contributed by atoms with Gasteiger partial charge in [0.05, 0.1) is 16.8 Å². The molecule has 4 rings (SSSR count). The number of carbonyl (C=O) groups excluding carboxylic acids is 2. The first-order valence-electron chi connectivity index (χ1n) is 10.8. The van der Waals surface area contributed by atoms with E-state index in [-0.39, 0.29) is 29.0 Å². The highest BCUT2D eigenvalue weighted by molar-refractivity contribution is 7.89. The second-order valence-electron chi connectivity index (χ2n) is 8.01. The molecule has 0 bridgehead atoms. The third-order valence-electron chi connectivity index (χ3n) is 5.69. The summed E-state index contributed by atoms with van der Waals surface area (Å²) in [4.78, 5) is 36.9. The predicted octanol–water partition coefficient (Wildman–Crippen LogP) is 2.72. The van der Waals surface area contributed by atoms with Crippen molar-refractivity contribution in [1.82, 2.24) is 8.87 Å². The van der Waals surface area contributed by atoms with Gasteiger partial charge in [-0.2, -0.15) is 4.31 Å². The van der Waals surface area contributed by atoms with Gasteiger partial charge in [-0.3, -0.25) is 14.2 Å². The summed E-state index contributed by atoms with van der Waals surface area (Å²) < 4.78 is 51.5. The molecule has 0 N–H and O–H groups in total. The highest BCUT2D eigenvalue weighted by Gasteiger charge is 2.28. The summed E-state index contributed by atoms with van der Waals surface area (Å²) >= 11 is 0. The van der Waals surface area contributed by atoms with Crippen LogP contribution in [-0.2, 0) is 26.1 Å². The Bertz CT molecular complexity index is 1390. The molecule has 1 aliphatic heterocycles. The summed E-state index contributed by atoms with van der Waals surface area (Å²) in [6.45, 7) is 2.23. The number of ketones is 1. The molecular weight excluding hydrogens is 467 g/mol. The van der Waals surface area contributed by atoms with Crippen molar-refractivity contribution >= 4 is 32.9 Å². The van der Waals surface area contributed by atoms with Crippen LogP contribution in [0.1, 0.15) is 36.5 Å². The van der Waals surface area contributed by atoms with E-state index < -0.39 is 39.5 Å². The van der Waals surface area contributed by atoms with Crippen molar-refractivity contribution in [2.24, 2.45) is 0 Å². The quantitative estimate of drug-likeness (QED) is 0.352. The van der Waals surface area contributed by atoms with Crippen LogP contribution in [0.4, 0.5) is 4.39 Å². The lowest BCUT2D eigenvalue weighted by Crippen LogP contribution is -2.27. The normalized spacial score (nSPS) is 15.5. The fraction of sp³-hybridized carbons (Fsp3) is 0.348. The van der Waals surface area contributed by atoms with Crippen molar-refractivity contribution in [3.63, 3.8) is 0 Å². The number of oxazole rings is 1. The first kappa shape index (κ1) is 23.8. The van der Waals surface area contributed by atoms with Gasteiger partial charge in [0.1, 0.15) is 5.82 Å². The topological polar surface area (TPSA) is 116 Å². The van der Waals surface area contributed by atoms with Gasteiger partial charge in [0.15, 0.2) is 11.7 Å². The lowest BCUT2D eigenvalue weighted by Gasteiger charge is -2.15. The molecule has 0 spiro atoms. The maximum absolute atomic E-state index is 13.0. The minimum Gasteiger partial charge on any atom is -0.454 e. The average molecular weight is 491 g/mol. The fourth-order valence-electron chi connectivity index (χ4n) is 3.86. The Morgan fingerprint density at radius 1 is 1.12 bits per heavy atom. The van der Waals surface area contributed by atoms with E-state index in [1.807, 2.05) is 0 Å². The molecule has 3 aromatic rings. The van der Waals surface area contributed by atoms with Crippen LogP contribution in [0, 0.1) is 5.82 Å². The monoisotopic (exact) mass is 490 g/mol. The summed E-state index contributed by atoms with van der Waals surface area (Å²) in [6, 6.07) is 9.07. The Morgan fingerprint density at radius 2 is 1.79 bits per heavy atom. The number of aryl methyl sites for hydroxylation is 1. The van der Waals surface area contributed by atoms with Crippen LogP contribution in [0.5, 0.6) is 0 Å². The van der Waals surface area contributed by atoms with Gasteiger partial charge in [0.2, 0.25) is 15.8 Å². The van der Waals surface area contributed by atoms with Gasteiger partial charge >= 0.3 is 11.7 Å². The number of nitrogens with zero attached hydrogens (tertiary/aromatic N) is 2.